The normalized spacial score (nSPS) is 11.4. The number of rotatable bonds is 12. The molecule has 0 atom stereocenters. The number of nitrogens with zero attached hydrogens (tertiary/aromatic N) is 2. The van der Waals surface area contributed by atoms with E-state index in [1.54, 1.807) is 14.2 Å². The molecule has 6 nitrogen and oxygen atoms in total. The van der Waals surface area contributed by atoms with E-state index < -0.39 is 0 Å². The van der Waals surface area contributed by atoms with Crippen molar-refractivity contribution in [2.45, 2.75) is 26.3 Å². The van der Waals surface area contributed by atoms with Crippen LogP contribution in [-0.2, 0) is 16.0 Å². The van der Waals surface area contributed by atoms with Crippen molar-refractivity contribution < 1.29 is 14.2 Å². The van der Waals surface area contributed by atoms with Crippen molar-refractivity contribution in [3.8, 4) is 5.75 Å². The molecule has 0 amide bonds. The van der Waals surface area contributed by atoms with Crippen LogP contribution in [0.1, 0.15) is 25.3 Å². The minimum atomic E-state index is 0.652. The van der Waals surface area contributed by atoms with E-state index in [9.17, 15) is 0 Å². The Balaban J connectivity index is 2.39. The van der Waals surface area contributed by atoms with E-state index in [2.05, 4.69) is 36.3 Å². The fourth-order valence-electron chi connectivity index (χ4n) is 2.29. The van der Waals surface area contributed by atoms with Crippen molar-refractivity contribution in [1.29, 1.82) is 0 Å². The third kappa shape index (κ3) is 9.31. The number of unbranched alkanes of at least 4 members (excludes halogenated alkanes) is 1. The topological polar surface area (TPSA) is 55.3 Å². The van der Waals surface area contributed by atoms with Crippen LogP contribution in [0.4, 0.5) is 0 Å². The summed E-state index contributed by atoms with van der Waals surface area (Å²) in [7, 11) is 5.42. The number of ether oxygens (including phenoxy) is 3. The molecule has 1 aromatic carbocycles. The molecule has 142 valence electrons. The number of hydrogen-bond donors (Lipinski definition) is 1. The van der Waals surface area contributed by atoms with Gasteiger partial charge in [-0.15, -0.1) is 0 Å². The van der Waals surface area contributed by atoms with Crippen molar-refractivity contribution in [1.82, 2.24) is 10.2 Å². The quantitative estimate of drug-likeness (QED) is 0.356. The largest absolute Gasteiger partial charge is 0.497 e. The molecule has 1 aromatic rings. The van der Waals surface area contributed by atoms with E-state index in [4.69, 9.17) is 19.2 Å². The van der Waals surface area contributed by atoms with Gasteiger partial charge < -0.3 is 24.4 Å². The van der Waals surface area contributed by atoms with Gasteiger partial charge in [0.2, 0.25) is 0 Å². The lowest BCUT2D eigenvalue weighted by Gasteiger charge is -2.22. The van der Waals surface area contributed by atoms with Crippen LogP contribution in [0.2, 0.25) is 0 Å². The van der Waals surface area contributed by atoms with Crippen LogP contribution in [0.15, 0.2) is 29.3 Å². The molecule has 0 bridgehead atoms. The number of nitrogens with one attached hydrogen (secondary N) is 1. The summed E-state index contributed by atoms with van der Waals surface area (Å²) in [5.41, 5.74) is 1.22. The lowest BCUT2D eigenvalue weighted by molar-refractivity contribution is 0.0690. The highest BCUT2D eigenvalue weighted by Gasteiger charge is 2.06. The zero-order chi connectivity index (χ0) is 18.3. The third-order valence-corrected chi connectivity index (χ3v) is 3.67. The van der Waals surface area contributed by atoms with Crippen LogP contribution in [0.5, 0.6) is 5.75 Å². The van der Waals surface area contributed by atoms with E-state index in [0.29, 0.717) is 13.2 Å². The molecule has 0 unspecified atom stereocenters. The number of guanidine groups is 1. The van der Waals surface area contributed by atoms with Crippen molar-refractivity contribution in [2.75, 3.05) is 54.2 Å². The van der Waals surface area contributed by atoms with E-state index in [1.807, 2.05) is 12.1 Å². The van der Waals surface area contributed by atoms with Crippen molar-refractivity contribution in [3.63, 3.8) is 0 Å². The van der Waals surface area contributed by atoms with Gasteiger partial charge in [-0.25, -0.2) is 0 Å². The minimum absolute atomic E-state index is 0.652. The Bertz CT molecular complexity index is 477. The first-order valence-corrected chi connectivity index (χ1v) is 8.90. The van der Waals surface area contributed by atoms with Gasteiger partial charge in [0, 0.05) is 40.4 Å². The third-order valence-electron chi connectivity index (χ3n) is 3.67. The van der Waals surface area contributed by atoms with Gasteiger partial charge >= 0.3 is 0 Å². The molecule has 0 aliphatic rings. The molecule has 1 N–H and O–H groups in total. The lowest BCUT2D eigenvalue weighted by Crippen LogP contribution is -2.38. The zero-order valence-corrected chi connectivity index (χ0v) is 16.1. The summed E-state index contributed by atoms with van der Waals surface area (Å²) in [6, 6.07) is 8.13. The van der Waals surface area contributed by atoms with Gasteiger partial charge in [0.25, 0.3) is 0 Å². The summed E-state index contributed by atoms with van der Waals surface area (Å²) in [4.78, 5) is 6.84. The first-order valence-electron chi connectivity index (χ1n) is 8.90. The van der Waals surface area contributed by atoms with Crippen molar-refractivity contribution in [3.05, 3.63) is 29.8 Å². The fraction of sp³-hybridized carbons (Fsp3) is 0.632. The van der Waals surface area contributed by atoms with Gasteiger partial charge in [-0.3, -0.25) is 4.99 Å². The number of methoxy groups -OCH3 is 2. The van der Waals surface area contributed by atoms with E-state index in [1.165, 1.54) is 5.56 Å². The standard InChI is InChI=1S/C19H33N3O3/c1-5-20-19(21-12-6-7-13-25-15-14-23-3)22(2)16-17-8-10-18(24-4)11-9-17/h8-11H,5-7,12-16H2,1-4H3,(H,20,21). The molecule has 0 aliphatic carbocycles. The molecule has 0 saturated heterocycles. The van der Waals surface area contributed by atoms with Gasteiger partial charge in [0.05, 0.1) is 20.3 Å². The van der Waals surface area contributed by atoms with Crippen LogP contribution in [0.25, 0.3) is 0 Å². The average Bonchev–Trinajstić information content (AvgIpc) is 2.63. The van der Waals surface area contributed by atoms with Crippen LogP contribution >= 0.6 is 0 Å². The molecule has 0 radical (unpaired) electrons. The van der Waals surface area contributed by atoms with Crippen LogP contribution < -0.4 is 10.1 Å². The van der Waals surface area contributed by atoms with Gasteiger partial charge in [-0.05, 0) is 37.5 Å². The maximum Gasteiger partial charge on any atom is 0.193 e. The average molecular weight is 351 g/mol. The summed E-state index contributed by atoms with van der Waals surface area (Å²) >= 11 is 0. The highest BCUT2D eigenvalue weighted by atomic mass is 16.5. The minimum Gasteiger partial charge on any atom is -0.497 e. The monoisotopic (exact) mass is 351 g/mol. The van der Waals surface area contributed by atoms with E-state index >= 15 is 0 Å². The van der Waals surface area contributed by atoms with Gasteiger partial charge in [0.15, 0.2) is 5.96 Å². The Morgan fingerprint density at radius 3 is 2.48 bits per heavy atom. The van der Waals surface area contributed by atoms with E-state index in [0.717, 1.165) is 50.8 Å². The predicted molar refractivity (Wildman–Crippen MR) is 102 cm³/mol. The number of benzene rings is 1. The lowest BCUT2D eigenvalue weighted by atomic mass is 10.2. The molecular weight excluding hydrogens is 318 g/mol. The van der Waals surface area contributed by atoms with Crippen LogP contribution in [-0.4, -0.2) is 65.0 Å². The molecule has 0 spiro atoms. The second-order valence-corrected chi connectivity index (χ2v) is 5.75. The summed E-state index contributed by atoms with van der Waals surface area (Å²) in [6.07, 6.45) is 2.02. The molecular formula is C19H33N3O3. The van der Waals surface area contributed by atoms with E-state index in [-0.39, 0.29) is 0 Å². The van der Waals surface area contributed by atoms with Gasteiger partial charge in [0.1, 0.15) is 5.75 Å². The first-order chi connectivity index (χ1) is 12.2. The van der Waals surface area contributed by atoms with Crippen LogP contribution in [0, 0.1) is 0 Å². The molecule has 6 heteroatoms. The summed E-state index contributed by atoms with van der Waals surface area (Å²) in [5.74, 6) is 1.80. The Morgan fingerprint density at radius 2 is 1.84 bits per heavy atom. The molecule has 0 fully saturated rings. The Labute approximate surface area is 152 Å². The Kier molecular flexibility index (Phi) is 11.5. The molecule has 0 aromatic heterocycles. The molecule has 1 rings (SSSR count). The predicted octanol–water partition coefficient (Wildman–Crippen LogP) is 2.54. The SMILES string of the molecule is CCNC(=NCCCCOCCOC)N(C)Cc1ccc(OC)cc1. The highest BCUT2D eigenvalue weighted by molar-refractivity contribution is 5.79. The van der Waals surface area contributed by atoms with Crippen LogP contribution in [0.3, 0.4) is 0 Å². The summed E-state index contributed by atoms with van der Waals surface area (Å²) in [5, 5.41) is 3.35. The Hall–Kier alpha value is -1.79. The van der Waals surface area contributed by atoms with Crippen molar-refractivity contribution in [2.24, 2.45) is 4.99 Å². The maximum atomic E-state index is 5.46. The second-order valence-electron chi connectivity index (χ2n) is 5.75. The number of hydrogen-bond acceptors (Lipinski definition) is 4. The summed E-state index contributed by atoms with van der Waals surface area (Å²) in [6.45, 7) is 6.61. The second kappa shape index (κ2) is 13.5. The zero-order valence-electron chi connectivity index (χ0n) is 16.1. The summed E-state index contributed by atoms with van der Waals surface area (Å²) < 4.78 is 15.6. The Morgan fingerprint density at radius 1 is 1.08 bits per heavy atom. The molecule has 0 heterocycles. The first kappa shape index (κ1) is 21.3. The van der Waals surface area contributed by atoms with Crippen molar-refractivity contribution >= 4 is 5.96 Å². The molecule has 0 saturated carbocycles. The van der Waals surface area contributed by atoms with Gasteiger partial charge in [-0.1, -0.05) is 12.1 Å². The molecule has 0 aliphatic heterocycles. The fourth-order valence-corrected chi connectivity index (χ4v) is 2.29. The molecule has 25 heavy (non-hydrogen) atoms. The smallest absolute Gasteiger partial charge is 0.193 e. The number of aliphatic imine (C=N–C) groups is 1. The maximum absolute atomic E-state index is 5.46. The van der Waals surface area contributed by atoms with Gasteiger partial charge in [-0.2, -0.15) is 0 Å². The highest BCUT2D eigenvalue weighted by Crippen LogP contribution is 2.12.